The number of aromatic nitrogens is 2. The number of hydrogen-bond donors (Lipinski definition) is 1. The summed E-state index contributed by atoms with van der Waals surface area (Å²) in [5.74, 6) is 1.30. The summed E-state index contributed by atoms with van der Waals surface area (Å²) in [5, 5.41) is 6.70. The summed E-state index contributed by atoms with van der Waals surface area (Å²) in [7, 11) is 0. The number of thioether (sulfide) groups is 1. The lowest BCUT2D eigenvalue weighted by Crippen LogP contribution is -2.43. The molecule has 2 saturated carbocycles. The van der Waals surface area contributed by atoms with Gasteiger partial charge >= 0.3 is 5.97 Å². The zero-order chi connectivity index (χ0) is 22.4. The molecule has 0 bridgehead atoms. The Labute approximate surface area is 197 Å². The highest BCUT2D eigenvalue weighted by atomic mass is 32.2. The monoisotopic (exact) mass is 461 g/mol. The minimum Gasteiger partial charge on any atom is -0.465 e. The van der Waals surface area contributed by atoms with Crippen LogP contribution in [0.15, 0.2) is 41.6 Å². The number of hydrogen-bond acceptors (Lipinski definition) is 7. The molecule has 1 N–H and O–H groups in total. The molecule has 0 amide bonds. The molecule has 7 heteroatoms. The Morgan fingerprint density at radius 1 is 1.15 bits per heavy atom. The van der Waals surface area contributed by atoms with Crippen molar-refractivity contribution < 1.29 is 14.3 Å². The van der Waals surface area contributed by atoms with Crippen LogP contribution in [0.1, 0.15) is 61.8 Å². The first-order valence-electron chi connectivity index (χ1n) is 11.8. The van der Waals surface area contributed by atoms with Gasteiger partial charge in [0.15, 0.2) is 5.16 Å². The van der Waals surface area contributed by atoms with Crippen LogP contribution in [0.2, 0.25) is 0 Å². The summed E-state index contributed by atoms with van der Waals surface area (Å²) in [4.78, 5) is 22.3. The third-order valence-electron chi connectivity index (χ3n) is 6.88. The van der Waals surface area contributed by atoms with Gasteiger partial charge in [0, 0.05) is 16.6 Å². The standard InChI is InChI=1S/C26H27N3O3S/c1-2-32-24(30)26(12-5-13-26)33-25-28-22-15-31-14-20(22)23(29-25)27-21-11-10-17(16-8-9-16)18-6-3-4-7-19(18)21/h3-4,6-7,10-11,16H,2,5,8-9,12-15H2,1H3,(H,27,28,29). The van der Waals surface area contributed by atoms with Crippen LogP contribution in [0.5, 0.6) is 0 Å². The summed E-state index contributed by atoms with van der Waals surface area (Å²) in [6, 6.07) is 13.0. The molecule has 1 aliphatic heterocycles. The molecule has 2 aliphatic carbocycles. The molecule has 3 aromatic rings. The Balaban J connectivity index is 1.36. The second kappa shape index (κ2) is 8.29. The molecule has 2 heterocycles. The average molecular weight is 462 g/mol. The van der Waals surface area contributed by atoms with Crippen molar-refractivity contribution in [3.05, 3.63) is 53.2 Å². The maximum Gasteiger partial charge on any atom is 0.322 e. The molecule has 3 aliphatic rings. The number of carbonyl (C=O) groups is 1. The van der Waals surface area contributed by atoms with Gasteiger partial charge in [-0.25, -0.2) is 9.97 Å². The first-order chi connectivity index (χ1) is 16.2. The quantitative estimate of drug-likeness (QED) is 0.349. The fourth-order valence-electron chi connectivity index (χ4n) is 4.77. The number of ether oxygens (including phenoxy) is 2. The van der Waals surface area contributed by atoms with Gasteiger partial charge < -0.3 is 14.8 Å². The van der Waals surface area contributed by atoms with E-state index < -0.39 is 4.75 Å². The third kappa shape index (κ3) is 3.77. The van der Waals surface area contributed by atoms with Crippen molar-refractivity contribution in [2.75, 3.05) is 11.9 Å². The molecule has 170 valence electrons. The van der Waals surface area contributed by atoms with E-state index in [0.717, 1.165) is 42.0 Å². The first kappa shape index (κ1) is 20.9. The number of nitrogens with zero attached hydrogens (tertiary/aromatic N) is 2. The number of fused-ring (bicyclic) bond motifs is 2. The topological polar surface area (TPSA) is 73.3 Å². The summed E-state index contributed by atoms with van der Waals surface area (Å²) < 4.78 is 10.5. The van der Waals surface area contributed by atoms with Crippen molar-refractivity contribution in [2.45, 2.75) is 68.1 Å². The third-order valence-corrected chi connectivity index (χ3v) is 8.21. The van der Waals surface area contributed by atoms with Crippen LogP contribution in [0.4, 0.5) is 11.5 Å². The Hall–Kier alpha value is -2.64. The van der Waals surface area contributed by atoms with Gasteiger partial charge in [-0.1, -0.05) is 42.1 Å². The van der Waals surface area contributed by atoms with Gasteiger partial charge in [0.25, 0.3) is 0 Å². The molecule has 0 saturated heterocycles. The largest absolute Gasteiger partial charge is 0.465 e. The Bertz CT molecular complexity index is 1240. The van der Waals surface area contributed by atoms with E-state index in [-0.39, 0.29) is 5.97 Å². The predicted molar refractivity (Wildman–Crippen MR) is 129 cm³/mol. The molecular weight excluding hydrogens is 434 g/mol. The zero-order valence-corrected chi connectivity index (χ0v) is 19.5. The van der Waals surface area contributed by atoms with E-state index >= 15 is 0 Å². The summed E-state index contributed by atoms with van der Waals surface area (Å²) in [6.45, 7) is 3.19. The maximum atomic E-state index is 12.7. The lowest BCUT2D eigenvalue weighted by atomic mass is 9.84. The van der Waals surface area contributed by atoms with Gasteiger partial charge in [-0.2, -0.15) is 0 Å². The molecule has 0 spiro atoms. The number of esters is 1. The molecule has 1 aromatic heterocycles. The highest BCUT2D eigenvalue weighted by Crippen LogP contribution is 2.49. The molecule has 33 heavy (non-hydrogen) atoms. The predicted octanol–water partition coefficient (Wildman–Crippen LogP) is 5.86. The van der Waals surface area contributed by atoms with Crippen molar-refractivity contribution >= 4 is 40.0 Å². The summed E-state index contributed by atoms with van der Waals surface area (Å²) >= 11 is 1.44. The Morgan fingerprint density at radius 3 is 2.70 bits per heavy atom. The molecule has 0 radical (unpaired) electrons. The van der Waals surface area contributed by atoms with E-state index in [1.54, 1.807) is 0 Å². The molecular formula is C26H27N3O3S. The minimum atomic E-state index is -0.570. The summed E-state index contributed by atoms with van der Waals surface area (Å²) in [6.07, 6.45) is 5.16. The maximum absolute atomic E-state index is 12.7. The lowest BCUT2D eigenvalue weighted by molar-refractivity contribution is -0.148. The van der Waals surface area contributed by atoms with Gasteiger partial charge in [0.05, 0.1) is 25.5 Å². The van der Waals surface area contributed by atoms with E-state index in [1.165, 1.54) is 40.9 Å². The number of nitrogens with one attached hydrogen (secondary N) is 1. The van der Waals surface area contributed by atoms with E-state index in [4.69, 9.17) is 19.4 Å². The molecule has 0 unspecified atom stereocenters. The van der Waals surface area contributed by atoms with Crippen LogP contribution >= 0.6 is 11.8 Å². The number of carbonyl (C=O) groups excluding carboxylic acids is 1. The first-order valence-corrected chi connectivity index (χ1v) is 12.6. The van der Waals surface area contributed by atoms with E-state index in [1.807, 2.05) is 6.92 Å². The van der Waals surface area contributed by atoms with Gasteiger partial charge in [-0.3, -0.25) is 4.79 Å². The Kier molecular flexibility index (Phi) is 5.26. The van der Waals surface area contributed by atoms with Crippen LogP contribution in [-0.4, -0.2) is 27.3 Å². The van der Waals surface area contributed by atoms with Crippen molar-refractivity contribution in [1.82, 2.24) is 9.97 Å². The number of rotatable bonds is 7. The van der Waals surface area contributed by atoms with Gasteiger partial charge in [0.1, 0.15) is 10.6 Å². The molecule has 6 rings (SSSR count). The Morgan fingerprint density at radius 2 is 1.97 bits per heavy atom. The second-order valence-electron chi connectivity index (χ2n) is 9.09. The van der Waals surface area contributed by atoms with Crippen molar-refractivity contribution in [3.63, 3.8) is 0 Å². The van der Waals surface area contributed by atoms with Gasteiger partial charge in [-0.05, 0) is 62.0 Å². The zero-order valence-electron chi connectivity index (χ0n) is 18.7. The molecule has 2 fully saturated rings. The van der Waals surface area contributed by atoms with Crippen LogP contribution in [0.25, 0.3) is 10.8 Å². The highest BCUT2D eigenvalue weighted by molar-refractivity contribution is 8.01. The number of benzene rings is 2. The fraction of sp³-hybridized carbons (Fsp3) is 0.423. The van der Waals surface area contributed by atoms with E-state index in [9.17, 15) is 4.79 Å². The van der Waals surface area contributed by atoms with Crippen molar-refractivity contribution in [1.29, 1.82) is 0 Å². The average Bonchev–Trinajstić information content (AvgIpc) is 3.53. The minimum absolute atomic E-state index is 0.155. The number of anilines is 2. The highest BCUT2D eigenvalue weighted by Gasteiger charge is 2.47. The van der Waals surface area contributed by atoms with Crippen LogP contribution < -0.4 is 5.32 Å². The fourth-order valence-corrected chi connectivity index (χ4v) is 6.05. The molecule has 2 aromatic carbocycles. The summed E-state index contributed by atoms with van der Waals surface area (Å²) in [5.41, 5.74) is 4.35. The van der Waals surface area contributed by atoms with Crippen LogP contribution in [0.3, 0.4) is 0 Å². The lowest BCUT2D eigenvalue weighted by Gasteiger charge is -2.37. The van der Waals surface area contributed by atoms with Gasteiger partial charge in [-0.15, -0.1) is 0 Å². The van der Waals surface area contributed by atoms with E-state index in [2.05, 4.69) is 41.7 Å². The van der Waals surface area contributed by atoms with Crippen LogP contribution in [-0.2, 0) is 27.5 Å². The van der Waals surface area contributed by atoms with Crippen molar-refractivity contribution in [2.24, 2.45) is 0 Å². The molecule has 6 nitrogen and oxygen atoms in total. The van der Waals surface area contributed by atoms with Gasteiger partial charge in [0.2, 0.25) is 0 Å². The van der Waals surface area contributed by atoms with Crippen LogP contribution in [0, 0.1) is 0 Å². The smallest absolute Gasteiger partial charge is 0.322 e. The SMILES string of the molecule is CCOC(=O)C1(Sc2nc3c(c(Nc4ccc(C5CC5)c5ccccc45)n2)COC3)CCC1. The molecule has 0 atom stereocenters. The normalized spacial score (nSPS) is 18.6. The van der Waals surface area contributed by atoms with Crippen molar-refractivity contribution in [3.8, 4) is 0 Å². The van der Waals surface area contributed by atoms with E-state index in [0.29, 0.717) is 30.9 Å². The second-order valence-corrected chi connectivity index (χ2v) is 10.4.